The Kier molecular flexibility index (Phi) is 6.37. The summed E-state index contributed by atoms with van der Waals surface area (Å²) in [6.45, 7) is 6.94. The normalized spacial score (nSPS) is 14.2. The van der Waals surface area contributed by atoms with Crippen LogP contribution in [0, 0.1) is 0 Å². The zero-order valence-corrected chi connectivity index (χ0v) is 17.2. The fourth-order valence-electron chi connectivity index (χ4n) is 3.07. The first-order chi connectivity index (χ1) is 13.8. The van der Waals surface area contributed by atoms with E-state index >= 15 is 0 Å². The first-order valence-corrected chi connectivity index (χ1v) is 9.80. The van der Waals surface area contributed by atoms with Crippen molar-refractivity contribution in [1.82, 2.24) is 4.90 Å². The van der Waals surface area contributed by atoms with Gasteiger partial charge in [0.2, 0.25) is 0 Å². The van der Waals surface area contributed by atoms with Gasteiger partial charge in [0, 0.05) is 13.1 Å². The molecule has 0 radical (unpaired) electrons. The van der Waals surface area contributed by atoms with Crippen LogP contribution in [-0.4, -0.2) is 35.7 Å². The van der Waals surface area contributed by atoms with E-state index in [0.717, 1.165) is 23.1 Å². The van der Waals surface area contributed by atoms with Crippen LogP contribution < -0.4 is 0 Å². The summed E-state index contributed by atoms with van der Waals surface area (Å²) in [7, 11) is 0. The van der Waals surface area contributed by atoms with E-state index < -0.39 is 5.60 Å². The molecular formula is C24H27NO4. The first kappa shape index (κ1) is 20.6. The van der Waals surface area contributed by atoms with Crippen LogP contribution in [0.5, 0.6) is 0 Å². The molecule has 5 heteroatoms. The predicted octanol–water partition coefficient (Wildman–Crippen LogP) is 5.07. The van der Waals surface area contributed by atoms with Gasteiger partial charge in [-0.15, -0.1) is 0 Å². The lowest BCUT2D eigenvalue weighted by atomic mass is 9.98. The molecule has 2 aromatic carbocycles. The molecule has 0 aliphatic carbocycles. The van der Waals surface area contributed by atoms with Crippen molar-refractivity contribution >= 4 is 17.6 Å². The third kappa shape index (κ3) is 5.95. The molecule has 0 N–H and O–H groups in total. The Morgan fingerprint density at radius 1 is 1.00 bits per heavy atom. The van der Waals surface area contributed by atoms with Crippen molar-refractivity contribution in [1.29, 1.82) is 0 Å². The number of rotatable bonds is 4. The average molecular weight is 393 g/mol. The molecule has 1 aliphatic heterocycles. The van der Waals surface area contributed by atoms with Gasteiger partial charge in [0.15, 0.2) is 0 Å². The molecule has 29 heavy (non-hydrogen) atoms. The van der Waals surface area contributed by atoms with Gasteiger partial charge in [-0.3, -0.25) is 0 Å². The Labute approximate surface area is 171 Å². The van der Waals surface area contributed by atoms with Crippen LogP contribution in [0.2, 0.25) is 0 Å². The van der Waals surface area contributed by atoms with E-state index in [1.807, 2.05) is 69.3 Å². The van der Waals surface area contributed by atoms with E-state index in [1.165, 1.54) is 0 Å². The van der Waals surface area contributed by atoms with Gasteiger partial charge in [-0.2, -0.15) is 0 Å². The van der Waals surface area contributed by atoms with Crippen molar-refractivity contribution in [3.8, 4) is 0 Å². The van der Waals surface area contributed by atoms with Crippen LogP contribution in [0.25, 0.3) is 5.57 Å². The van der Waals surface area contributed by atoms with Gasteiger partial charge in [-0.25, -0.2) is 9.59 Å². The van der Waals surface area contributed by atoms with Crippen molar-refractivity contribution in [2.24, 2.45) is 0 Å². The highest BCUT2D eigenvalue weighted by Gasteiger charge is 2.20. The third-order valence-electron chi connectivity index (χ3n) is 4.56. The molecule has 0 bridgehead atoms. The second-order valence-corrected chi connectivity index (χ2v) is 8.04. The number of carbonyl (C=O) groups is 2. The minimum Gasteiger partial charge on any atom is -0.456 e. The third-order valence-corrected chi connectivity index (χ3v) is 4.56. The quantitative estimate of drug-likeness (QED) is 0.681. The van der Waals surface area contributed by atoms with Crippen molar-refractivity contribution in [2.45, 2.75) is 39.4 Å². The molecule has 0 saturated carbocycles. The number of hydrogen-bond acceptors (Lipinski definition) is 4. The topological polar surface area (TPSA) is 55.8 Å². The van der Waals surface area contributed by atoms with Crippen molar-refractivity contribution in [3.63, 3.8) is 0 Å². The highest BCUT2D eigenvalue weighted by Crippen LogP contribution is 2.24. The van der Waals surface area contributed by atoms with Crippen LogP contribution in [0.15, 0.2) is 60.7 Å². The summed E-state index contributed by atoms with van der Waals surface area (Å²) >= 11 is 0. The van der Waals surface area contributed by atoms with Crippen LogP contribution >= 0.6 is 0 Å². The SMILES string of the molecule is CC(C)(C)OC(=O)c1ccc(C2=CCN(C(=O)OCc3ccccc3)CC2)cc1. The Hall–Kier alpha value is -3.08. The molecule has 5 nitrogen and oxygen atoms in total. The minimum absolute atomic E-state index is 0.277. The number of amides is 1. The molecule has 0 atom stereocenters. The van der Waals surface area contributed by atoms with Crippen molar-refractivity contribution in [3.05, 3.63) is 77.4 Å². The molecule has 3 rings (SSSR count). The summed E-state index contributed by atoms with van der Waals surface area (Å²) in [5.74, 6) is -0.325. The van der Waals surface area contributed by atoms with Gasteiger partial charge in [0.05, 0.1) is 5.56 Å². The highest BCUT2D eigenvalue weighted by atomic mass is 16.6. The molecule has 2 aromatic rings. The second kappa shape index (κ2) is 8.95. The number of hydrogen-bond donors (Lipinski definition) is 0. The monoisotopic (exact) mass is 393 g/mol. The number of benzene rings is 2. The Morgan fingerprint density at radius 2 is 1.69 bits per heavy atom. The van der Waals surface area contributed by atoms with Gasteiger partial charge in [-0.1, -0.05) is 48.5 Å². The van der Waals surface area contributed by atoms with Crippen molar-refractivity contribution in [2.75, 3.05) is 13.1 Å². The van der Waals surface area contributed by atoms with Gasteiger partial charge >= 0.3 is 12.1 Å². The molecule has 1 amide bonds. The van der Waals surface area contributed by atoms with Crippen LogP contribution in [0.4, 0.5) is 4.79 Å². The standard InChI is InChI=1S/C24H27NO4/c1-24(2,3)29-22(26)21-11-9-19(10-12-21)20-13-15-25(16-14-20)23(27)28-17-18-7-5-4-6-8-18/h4-13H,14-17H2,1-3H3. The summed E-state index contributed by atoms with van der Waals surface area (Å²) in [4.78, 5) is 26.1. The van der Waals surface area contributed by atoms with E-state index in [0.29, 0.717) is 18.7 Å². The minimum atomic E-state index is -0.514. The van der Waals surface area contributed by atoms with Gasteiger partial charge in [-0.05, 0) is 56.0 Å². The lowest BCUT2D eigenvalue weighted by Crippen LogP contribution is -2.35. The fourth-order valence-corrected chi connectivity index (χ4v) is 3.07. The molecule has 1 heterocycles. The Morgan fingerprint density at radius 3 is 2.28 bits per heavy atom. The van der Waals surface area contributed by atoms with Crippen LogP contribution in [0.3, 0.4) is 0 Å². The van der Waals surface area contributed by atoms with Crippen LogP contribution in [0.1, 0.15) is 48.7 Å². The molecule has 0 fully saturated rings. The lowest BCUT2D eigenvalue weighted by molar-refractivity contribution is 0.00694. The molecule has 152 valence electrons. The van der Waals surface area contributed by atoms with Gasteiger partial charge < -0.3 is 14.4 Å². The smallest absolute Gasteiger partial charge is 0.410 e. The Bertz CT molecular complexity index is 879. The summed E-state index contributed by atoms with van der Waals surface area (Å²) in [6, 6.07) is 17.1. The zero-order valence-electron chi connectivity index (χ0n) is 17.2. The summed E-state index contributed by atoms with van der Waals surface area (Å²) < 4.78 is 10.8. The number of ether oxygens (including phenoxy) is 2. The molecular weight excluding hydrogens is 366 g/mol. The van der Waals surface area contributed by atoms with Crippen molar-refractivity contribution < 1.29 is 19.1 Å². The lowest BCUT2D eigenvalue weighted by Gasteiger charge is -2.26. The van der Waals surface area contributed by atoms with Gasteiger partial charge in [0.25, 0.3) is 0 Å². The summed E-state index contributed by atoms with van der Waals surface area (Å²) in [6.07, 6.45) is 2.48. The fraction of sp³-hybridized carbons (Fsp3) is 0.333. The summed E-state index contributed by atoms with van der Waals surface area (Å²) in [5, 5.41) is 0. The van der Waals surface area contributed by atoms with Crippen LogP contribution in [-0.2, 0) is 16.1 Å². The number of carbonyl (C=O) groups excluding carboxylic acids is 2. The second-order valence-electron chi connectivity index (χ2n) is 8.04. The largest absolute Gasteiger partial charge is 0.456 e. The van der Waals surface area contributed by atoms with E-state index in [4.69, 9.17) is 9.47 Å². The molecule has 1 aliphatic rings. The maximum atomic E-state index is 12.3. The molecule has 0 aromatic heterocycles. The van der Waals surface area contributed by atoms with E-state index in [2.05, 4.69) is 0 Å². The van der Waals surface area contributed by atoms with E-state index in [-0.39, 0.29) is 18.7 Å². The maximum absolute atomic E-state index is 12.3. The van der Waals surface area contributed by atoms with E-state index in [1.54, 1.807) is 17.0 Å². The number of esters is 1. The zero-order chi connectivity index (χ0) is 20.9. The van der Waals surface area contributed by atoms with Gasteiger partial charge in [0.1, 0.15) is 12.2 Å². The molecule has 0 spiro atoms. The molecule has 0 saturated heterocycles. The average Bonchev–Trinajstić information content (AvgIpc) is 2.72. The summed E-state index contributed by atoms with van der Waals surface area (Å²) in [5.41, 5.74) is 3.20. The first-order valence-electron chi connectivity index (χ1n) is 9.80. The highest BCUT2D eigenvalue weighted by molar-refractivity contribution is 5.90. The predicted molar refractivity (Wildman–Crippen MR) is 112 cm³/mol. The van der Waals surface area contributed by atoms with E-state index in [9.17, 15) is 9.59 Å². The maximum Gasteiger partial charge on any atom is 0.410 e. The molecule has 0 unspecified atom stereocenters. The number of nitrogens with zero attached hydrogens (tertiary/aromatic N) is 1. The Balaban J connectivity index is 1.55.